The van der Waals surface area contributed by atoms with Gasteiger partial charge in [-0.3, -0.25) is 19.9 Å². The number of aryl methyl sites for hydroxylation is 2. The molecule has 0 aromatic carbocycles. The summed E-state index contributed by atoms with van der Waals surface area (Å²) in [6.45, 7) is 9.38. The molecule has 0 unspecified atom stereocenters. The lowest BCUT2D eigenvalue weighted by Crippen LogP contribution is -2.32. The summed E-state index contributed by atoms with van der Waals surface area (Å²) >= 11 is 0. The van der Waals surface area contributed by atoms with Gasteiger partial charge in [0, 0.05) is 64.1 Å². The Bertz CT molecular complexity index is 1130. The third-order valence-electron chi connectivity index (χ3n) is 5.62. The average Bonchev–Trinajstić information content (AvgIpc) is 2.88. The molecule has 0 bridgehead atoms. The van der Waals surface area contributed by atoms with E-state index in [9.17, 15) is 0 Å². The van der Waals surface area contributed by atoms with Gasteiger partial charge in [-0.25, -0.2) is 0 Å². The second-order valence-electron chi connectivity index (χ2n) is 8.64. The van der Waals surface area contributed by atoms with Crippen LogP contribution in [0.25, 0.3) is 22.8 Å². The quantitative estimate of drug-likeness (QED) is 0.274. The van der Waals surface area contributed by atoms with Gasteiger partial charge in [0.1, 0.15) is 0 Å². The normalized spacial score (nSPS) is 11.0. The molecule has 0 amide bonds. The highest BCUT2D eigenvalue weighted by Gasteiger charge is 2.04. The van der Waals surface area contributed by atoms with Gasteiger partial charge in [0.05, 0.1) is 22.8 Å². The summed E-state index contributed by atoms with van der Waals surface area (Å²) in [6.07, 6.45) is 7.36. The molecule has 0 aliphatic carbocycles. The maximum Gasteiger partial charge on any atom is 0.0889 e. The molecule has 7 nitrogen and oxygen atoms in total. The fourth-order valence-corrected chi connectivity index (χ4v) is 3.75. The van der Waals surface area contributed by atoms with E-state index in [2.05, 4.69) is 74.0 Å². The molecule has 0 radical (unpaired) electrons. The molecule has 4 aromatic rings. The first-order valence-corrected chi connectivity index (χ1v) is 12.1. The van der Waals surface area contributed by atoms with E-state index in [0.717, 1.165) is 62.0 Å². The van der Waals surface area contributed by atoms with Crippen LogP contribution in [0, 0.1) is 13.8 Å². The third kappa shape index (κ3) is 7.75. The van der Waals surface area contributed by atoms with Crippen LogP contribution < -0.4 is 16.0 Å². The second kappa shape index (κ2) is 12.8. The molecule has 0 saturated heterocycles. The van der Waals surface area contributed by atoms with Gasteiger partial charge in [0.25, 0.3) is 0 Å². The Labute approximate surface area is 207 Å². The molecule has 7 heteroatoms. The van der Waals surface area contributed by atoms with E-state index in [1.54, 1.807) is 0 Å². The monoisotopic (exact) mass is 467 g/mol. The van der Waals surface area contributed by atoms with Crippen LogP contribution in [0.5, 0.6) is 0 Å². The SMILES string of the molecule is Cc1ccnc(-c2cc(CNCCNCCNCc3ccnc(-c4cc(C)ccn4)c3)ccn2)c1. The van der Waals surface area contributed by atoms with Crippen molar-refractivity contribution >= 4 is 0 Å². The van der Waals surface area contributed by atoms with Crippen molar-refractivity contribution in [2.75, 3.05) is 26.2 Å². The van der Waals surface area contributed by atoms with Crippen LogP contribution in [0.4, 0.5) is 0 Å². The zero-order valence-electron chi connectivity index (χ0n) is 20.5. The third-order valence-corrected chi connectivity index (χ3v) is 5.62. The van der Waals surface area contributed by atoms with Crippen molar-refractivity contribution in [1.29, 1.82) is 0 Å². The summed E-state index contributed by atoms with van der Waals surface area (Å²) in [5, 5.41) is 10.5. The maximum absolute atomic E-state index is 4.47. The molecule has 0 saturated carbocycles. The molecule has 0 spiro atoms. The van der Waals surface area contributed by atoms with Crippen LogP contribution in [0.15, 0.2) is 73.3 Å². The van der Waals surface area contributed by atoms with E-state index in [4.69, 9.17) is 0 Å². The summed E-state index contributed by atoms with van der Waals surface area (Å²) < 4.78 is 0. The Morgan fingerprint density at radius 1 is 0.486 bits per heavy atom. The summed E-state index contributed by atoms with van der Waals surface area (Å²) in [7, 11) is 0. The predicted molar refractivity (Wildman–Crippen MR) is 141 cm³/mol. The predicted octanol–water partition coefficient (Wildman–Crippen LogP) is 3.69. The average molecular weight is 468 g/mol. The van der Waals surface area contributed by atoms with Gasteiger partial charge in [0.15, 0.2) is 0 Å². The van der Waals surface area contributed by atoms with Crippen LogP contribution in [0.1, 0.15) is 22.3 Å². The molecule has 0 aliphatic rings. The lowest BCUT2D eigenvalue weighted by atomic mass is 10.1. The topological polar surface area (TPSA) is 87.7 Å². The highest BCUT2D eigenvalue weighted by molar-refractivity contribution is 5.56. The van der Waals surface area contributed by atoms with Crippen molar-refractivity contribution in [3.63, 3.8) is 0 Å². The Morgan fingerprint density at radius 3 is 1.29 bits per heavy atom. The zero-order chi connectivity index (χ0) is 24.3. The highest BCUT2D eigenvalue weighted by atomic mass is 15.0. The Balaban J connectivity index is 1.11. The van der Waals surface area contributed by atoms with Crippen molar-refractivity contribution in [3.05, 3.63) is 95.6 Å². The fourth-order valence-electron chi connectivity index (χ4n) is 3.75. The smallest absolute Gasteiger partial charge is 0.0889 e. The number of rotatable bonds is 12. The van der Waals surface area contributed by atoms with E-state index in [1.165, 1.54) is 22.3 Å². The largest absolute Gasteiger partial charge is 0.314 e. The molecule has 4 rings (SSSR count). The number of hydrogen-bond donors (Lipinski definition) is 3. The minimum Gasteiger partial charge on any atom is -0.314 e. The summed E-state index contributed by atoms with van der Waals surface area (Å²) in [5.74, 6) is 0. The maximum atomic E-state index is 4.47. The van der Waals surface area contributed by atoms with E-state index in [1.807, 2.05) is 49.1 Å². The molecule has 4 aromatic heterocycles. The van der Waals surface area contributed by atoms with Crippen LogP contribution >= 0.6 is 0 Å². The lowest BCUT2D eigenvalue weighted by Gasteiger charge is -2.09. The molecular formula is C28H33N7. The number of aromatic nitrogens is 4. The molecule has 0 aliphatic heterocycles. The van der Waals surface area contributed by atoms with Crippen LogP contribution in [0.2, 0.25) is 0 Å². The molecular weight excluding hydrogens is 434 g/mol. The van der Waals surface area contributed by atoms with Gasteiger partial charge in [0.2, 0.25) is 0 Å². The van der Waals surface area contributed by atoms with E-state index >= 15 is 0 Å². The molecule has 0 atom stereocenters. The Hall–Kier alpha value is -3.52. The number of hydrogen-bond acceptors (Lipinski definition) is 7. The zero-order valence-corrected chi connectivity index (χ0v) is 20.5. The summed E-state index contributed by atoms with van der Waals surface area (Å²) in [5.41, 5.74) is 8.43. The molecule has 4 heterocycles. The van der Waals surface area contributed by atoms with E-state index < -0.39 is 0 Å². The first-order chi connectivity index (χ1) is 17.2. The van der Waals surface area contributed by atoms with Gasteiger partial charge >= 0.3 is 0 Å². The number of nitrogens with zero attached hydrogens (tertiary/aromatic N) is 4. The van der Waals surface area contributed by atoms with Crippen molar-refractivity contribution in [2.45, 2.75) is 26.9 Å². The standard InChI is InChI=1S/C28H33N7/c1-21-3-7-32-25(15-21)27-17-23(5-9-34-27)19-30-13-11-29-12-14-31-20-24-6-10-35-28(18-24)26-16-22(2)4-8-33-26/h3-10,15-18,29-31H,11-14,19-20H2,1-2H3. The minimum absolute atomic E-state index is 0.807. The van der Waals surface area contributed by atoms with Crippen molar-refractivity contribution in [2.24, 2.45) is 0 Å². The minimum atomic E-state index is 0.807. The van der Waals surface area contributed by atoms with Crippen molar-refractivity contribution in [3.8, 4) is 22.8 Å². The van der Waals surface area contributed by atoms with Crippen molar-refractivity contribution < 1.29 is 0 Å². The van der Waals surface area contributed by atoms with E-state index in [-0.39, 0.29) is 0 Å². The van der Waals surface area contributed by atoms with Gasteiger partial charge in [-0.1, -0.05) is 0 Å². The van der Waals surface area contributed by atoms with Crippen LogP contribution in [-0.4, -0.2) is 46.1 Å². The van der Waals surface area contributed by atoms with E-state index in [0.29, 0.717) is 0 Å². The Morgan fingerprint density at radius 2 is 0.857 bits per heavy atom. The first kappa shape index (κ1) is 24.6. The molecule has 0 fully saturated rings. The summed E-state index contributed by atoms with van der Waals surface area (Å²) in [6, 6.07) is 16.4. The first-order valence-electron chi connectivity index (χ1n) is 12.1. The van der Waals surface area contributed by atoms with Gasteiger partial charge in [-0.15, -0.1) is 0 Å². The van der Waals surface area contributed by atoms with Gasteiger partial charge in [-0.05, 0) is 84.6 Å². The van der Waals surface area contributed by atoms with Crippen molar-refractivity contribution in [1.82, 2.24) is 35.9 Å². The molecule has 180 valence electrons. The number of pyridine rings is 4. The van der Waals surface area contributed by atoms with Crippen LogP contribution in [-0.2, 0) is 13.1 Å². The molecule has 35 heavy (non-hydrogen) atoms. The lowest BCUT2D eigenvalue weighted by molar-refractivity contribution is 0.580. The fraction of sp³-hybridized carbons (Fsp3) is 0.286. The highest BCUT2D eigenvalue weighted by Crippen LogP contribution is 2.17. The summed E-state index contributed by atoms with van der Waals surface area (Å²) in [4.78, 5) is 17.8. The molecule has 3 N–H and O–H groups in total. The van der Waals surface area contributed by atoms with Gasteiger partial charge < -0.3 is 16.0 Å². The Kier molecular flexibility index (Phi) is 9.00. The second-order valence-corrected chi connectivity index (χ2v) is 8.64. The number of nitrogens with one attached hydrogen (secondary N) is 3. The van der Waals surface area contributed by atoms with Gasteiger partial charge in [-0.2, -0.15) is 0 Å². The van der Waals surface area contributed by atoms with Crippen LogP contribution in [0.3, 0.4) is 0 Å².